The summed E-state index contributed by atoms with van der Waals surface area (Å²) in [5.74, 6) is -0.674. The molecule has 0 N–H and O–H groups in total. The van der Waals surface area contributed by atoms with Crippen molar-refractivity contribution in [2.24, 2.45) is 0 Å². The third kappa shape index (κ3) is 4.24. The predicted molar refractivity (Wildman–Crippen MR) is 74.4 cm³/mol. The van der Waals surface area contributed by atoms with Crippen LogP contribution in [0.4, 0.5) is 0 Å². The third-order valence-corrected chi connectivity index (χ3v) is 2.92. The fourth-order valence-electron chi connectivity index (χ4n) is 1.72. The molecule has 0 spiro atoms. The van der Waals surface area contributed by atoms with Crippen molar-refractivity contribution in [1.29, 1.82) is 0 Å². The molecule has 1 aromatic rings. The largest absolute Gasteiger partial charge is 0.468 e. The maximum absolute atomic E-state index is 12.4. The molecule has 104 valence electrons. The molecule has 0 aliphatic carbocycles. The lowest BCUT2D eigenvalue weighted by Gasteiger charge is -2.25. The highest BCUT2D eigenvalue weighted by molar-refractivity contribution is 6.31. The Labute approximate surface area is 118 Å². The van der Waals surface area contributed by atoms with Crippen LogP contribution in [0, 0.1) is 6.92 Å². The van der Waals surface area contributed by atoms with E-state index >= 15 is 0 Å². The quantitative estimate of drug-likeness (QED) is 0.798. The van der Waals surface area contributed by atoms with E-state index in [2.05, 4.69) is 4.74 Å². The number of amides is 1. The summed E-state index contributed by atoms with van der Waals surface area (Å²) in [5.41, 5.74) is 1.38. The van der Waals surface area contributed by atoms with Gasteiger partial charge >= 0.3 is 5.97 Å². The number of carbonyl (C=O) groups is 2. The van der Waals surface area contributed by atoms with E-state index in [0.29, 0.717) is 10.6 Å². The smallest absolute Gasteiger partial charge is 0.325 e. The second-order valence-electron chi connectivity index (χ2n) is 4.62. The first-order valence-electron chi connectivity index (χ1n) is 6.00. The van der Waals surface area contributed by atoms with Gasteiger partial charge in [0.1, 0.15) is 6.54 Å². The lowest BCUT2D eigenvalue weighted by atomic mass is 10.1. The minimum atomic E-state index is -0.444. The van der Waals surface area contributed by atoms with Crippen LogP contribution in [-0.2, 0) is 9.53 Å². The van der Waals surface area contributed by atoms with Crippen molar-refractivity contribution in [2.45, 2.75) is 26.8 Å². The molecule has 0 heterocycles. The number of nitrogens with zero attached hydrogens (tertiary/aromatic N) is 1. The predicted octanol–water partition coefficient (Wildman–Crippen LogP) is 2.67. The zero-order valence-electron chi connectivity index (χ0n) is 11.6. The van der Waals surface area contributed by atoms with E-state index in [1.54, 1.807) is 18.2 Å². The molecule has 0 saturated heterocycles. The van der Waals surface area contributed by atoms with Crippen LogP contribution in [0.15, 0.2) is 18.2 Å². The van der Waals surface area contributed by atoms with Crippen LogP contribution in [-0.4, -0.2) is 36.5 Å². The van der Waals surface area contributed by atoms with Crippen LogP contribution in [0.1, 0.15) is 29.8 Å². The molecule has 0 aliphatic heterocycles. The number of esters is 1. The van der Waals surface area contributed by atoms with E-state index in [1.807, 2.05) is 20.8 Å². The minimum Gasteiger partial charge on any atom is -0.468 e. The summed E-state index contributed by atoms with van der Waals surface area (Å²) in [4.78, 5) is 25.2. The first-order chi connectivity index (χ1) is 8.85. The number of aryl methyl sites for hydroxylation is 1. The Kier molecular flexibility index (Phi) is 5.36. The minimum absolute atomic E-state index is 0.0709. The Morgan fingerprint density at radius 3 is 2.42 bits per heavy atom. The number of rotatable bonds is 4. The normalized spacial score (nSPS) is 10.4. The molecular formula is C14H18ClNO3. The van der Waals surface area contributed by atoms with Gasteiger partial charge in [-0.1, -0.05) is 11.6 Å². The highest BCUT2D eigenvalue weighted by Crippen LogP contribution is 2.17. The van der Waals surface area contributed by atoms with Gasteiger partial charge in [-0.2, -0.15) is 0 Å². The number of ether oxygens (including phenoxy) is 1. The fourth-order valence-corrected chi connectivity index (χ4v) is 2.01. The molecule has 0 aliphatic rings. The highest BCUT2D eigenvalue weighted by Gasteiger charge is 2.22. The summed E-state index contributed by atoms with van der Waals surface area (Å²) in [6.45, 7) is 5.48. The summed E-state index contributed by atoms with van der Waals surface area (Å²) in [7, 11) is 1.30. The van der Waals surface area contributed by atoms with E-state index < -0.39 is 5.97 Å². The van der Waals surface area contributed by atoms with Gasteiger partial charge in [0, 0.05) is 16.6 Å². The summed E-state index contributed by atoms with van der Waals surface area (Å²) in [6.07, 6.45) is 0. The number of carbonyl (C=O) groups excluding carboxylic acids is 2. The van der Waals surface area contributed by atoms with Gasteiger partial charge in [0.05, 0.1) is 7.11 Å². The third-order valence-electron chi connectivity index (χ3n) is 2.70. The van der Waals surface area contributed by atoms with Crippen molar-refractivity contribution in [3.8, 4) is 0 Å². The van der Waals surface area contributed by atoms with Gasteiger partial charge in [0.15, 0.2) is 0 Å². The summed E-state index contributed by atoms with van der Waals surface area (Å²) >= 11 is 5.95. The highest BCUT2D eigenvalue weighted by atomic mass is 35.5. The van der Waals surface area contributed by atoms with Gasteiger partial charge in [-0.25, -0.2) is 0 Å². The average molecular weight is 284 g/mol. The van der Waals surface area contributed by atoms with E-state index in [9.17, 15) is 9.59 Å². The number of methoxy groups -OCH3 is 1. The van der Waals surface area contributed by atoms with Gasteiger partial charge in [-0.3, -0.25) is 9.59 Å². The van der Waals surface area contributed by atoms with E-state index in [1.165, 1.54) is 12.0 Å². The van der Waals surface area contributed by atoms with Crippen molar-refractivity contribution < 1.29 is 14.3 Å². The first-order valence-corrected chi connectivity index (χ1v) is 6.38. The lowest BCUT2D eigenvalue weighted by Crippen LogP contribution is -2.41. The maximum Gasteiger partial charge on any atom is 0.325 e. The monoisotopic (exact) mass is 283 g/mol. The molecule has 4 nitrogen and oxygen atoms in total. The molecule has 0 saturated carbocycles. The van der Waals surface area contributed by atoms with Crippen molar-refractivity contribution in [3.05, 3.63) is 34.3 Å². The van der Waals surface area contributed by atoms with Crippen molar-refractivity contribution >= 4 is 23.5 Å². The van der Waals surface area contributed by atoms with Crippen LogP contribution in [0.5, 0.6) is 0 Å². The zero-order chi connectivity index (χ0) is 14.6. The summed E-state index contributed by atoms with van der Waals surface area (Å²) in [5, 5.41) is 0.505. The standard InChI is InChI=1S/C14H18ClNO3/c1-9(2)16(8-13(17)19-4)14(18)11-5-10(3)6-12(15)7-11/h5-7,9H,8H2,1-4H3. The van der Waals surface area contributed by atoms with Crippen molar-refractivity contribution in [3.63, 3.8) is 0 Å². The molecule has 1 rings (SSSR count). The van der Waals surface area contributed by atoms with Gasteiger partial charge in [0.25, 0.3) is 5.91 Å². The molecule has 1 aromatic carbocycles. The number of halogens is 1. The first kappa shape index (κ1) is 15.5. The Morgan fingerprint density at radius 1 is 1.32 bits per heavy atom. The number of hydrogen-bond acceptors (Lipinski definition) is 3. The average Bonchev–Trinajstić information content (AvgIpc) is 2.33. The second kappa shape index (κ2) is 6.57. The van der Waals surface area contributed by atoms with Crippen molar-refractivity contribution in [2.75, 3.05) is 13.7 Å². The Hall–Kier alpha value is -1.55. The molecule has 19 heavy (non-hydrogen) atoms. The molecule has 0 fully saturated rings. The second-order valence-corrected chi connectivity index (χ2v) is 5.06. The fraction of sp³-hybridized carbons (Fsp3) is 0.429. The Bertz CT molecular complexity index is 465. The maximum atomic E-state index is 12.4. The van der Waals surface area contributed by atoms with E-state index in [4.69, 9.17) is 11.6 Å². The zero-order valence-corrected chi connectivity index (χ0v) is 12.3. The Morgan fingerprint density at radius 2 is 1.95 bits per heavy atom. The van der Waals surface area contributed by atoms with Gasteiger partial charge in [0.2, 0.25) is 0 Å². The van der Waals surface area contributed by atoms with Crippen molar-refractivity contribution in [1.82, 2.24) is 4.90 Å². The van der Waals surface area contributed by atoms with Crippen LogP contribution >= 0.6 is 11.6 Å². The van der Waals surface area contributed by atoms with Gasteiger partial charge < -0.3 is 9.64 Å². The SMILES string of the molecule is COC(=O)CN(C(=O)c1cc(C)cc(Cl)c1)C(C)C. The number of hydrogen-bond donors (Lipinski definition) is 0. The molecule has 0 aromatic heterocycles. The van der Waals surface area contributed by atoms with Crippen LogP contribution in [0.2, 0.25) is 5.02 Å². The lowest BCUT2D eigenvalue weighted by molar-refractivity contribution is -0.141. The van der Waals surface area contributed by atoms with Gasteiger partial charge in [-0.05, 0) is 44.5 Å². The van der Waals surface area contributed by atoms with Crippen LogP contribution in [0.3, 0.4) is 0 Å². The molecule has 5 heteroatoms. The summed E-state index contributed by atoms with van der Waals surface area (Å²) in [6, 6.07) is 5.02. The molecule has 0 bridgehead atoms. The van der Waals surface area contributed by atoms with E-state index in [0.717, 1.165) is 5.56 Å². The molecular weight excluding hydrogens is 266 g/mol. The van der Waals surface area contributed by atoms with E-state index in [-0.39, 0.29) is 18.5 Å². The Balaban J connectivity index is 3.02. The molecule has 0 atom stereocenters. The van der Waals surface area contributed by atoms with Crippen LogP contribution < -0.4 is 0 Å². The van der Waals surface area contributed by atoms with Crippen LogP contribution in [0.25, 0.3) is 0 Å². The number of benzene rings is 1. The molecule has 0 unspecified atom stereocenters. The summed E-state index contributed by atoms with van der Waals surface area (Å²) < 4.78 is 4.61. The van der Waals surface area contributed by atoms with Gasteiger partial charge in [-0.15, -0.1) is 0 Å². The topological polar surface area (TPSA) is 46.6 Å². The molecule has 1 amide bonds. The molecule has 0 radical (unpaired) electrons.